The summed E-state index contributed by atoms with van der Waals surface area (Å²) in [7, 11) is 0. The van der Waals surface area contributed by atoms with E-state index in [1.54, 1.807) is 30.3 Å². The average molecular weight is 269 g/mol. The number of aliphatic carboxylic acids is 1. The molecule has 2 N–H and O–H groups in total. The molecule has 0 fully saturated rings. The van der Waals surface area contributed by atoms with Crippen LogP contribution in [0.1, 0.15) is 17.2 Å². The quantitative estimate of drug-likeness (QED) is 0.874. The molecule has 1 unspecified atom stereocenters. The van der Waals surface area contributed by atoms with Gasteiger partial charge in [0.15, 0.2) is 6.04 Å². The van der Waals surface area contributed by atoms with Crippen LogP contribution in [0.5, 0.6) is 0 Å². The molecule has 20 heavy (non-hydrogen) atoms. The maximum absolute atomic E-state index is 11.9. The molecule has 2 aromatic rings. The first-order chi connectivity index (χ1) is 9.66. The van der Waals surface area contributed by atoms with Crippen molar-refractivity contribution in [3.8, 4) is 0 Å². The van der Waals surface area contributed by atoms with Crippen LogP contribution in [0.4, 0.5) is 0 Å². The van der Waals surface area contributed by atoms with Crippen molar-refractivity contribution in [2.24, 2.45) is 0 Å². The normalized spacial score (nSPS) is 11.6. The molecule has 102 valence electrons. The van der Waals surface area contributed by atoms with Gasteiger partial charge in [0.05, 0.1) is 6.42 Å². The van der Waals surface area contributed by atoms with E-state index < -0.39 is 12.0 Å². The molecular weight excluding hydrogens is 254 g/mol. The van der Waals surface area contributed by atoms with Gasteiger partial charge in [-0.05, 0) is 11.1 Å². The van der Waals surface area contributed by atoms with Gasteiger partial charge >= 0.3 is 5.97 Å². The third-order valence-corrected chi connectivity index (χ3v) is 2.89. The van der Waals surface area contributed by atoms with Crippen molar-refractivity contribution < 1.29 is 14.7 Å². The summed E-state index contributed by atoms with van der Waals surface area (Å²) >= 11 is 0. The third-order valence-electron chi connectivity index (χ3n) is 2.89. The van der Waals surface area contributed by atoms with Crippen LogP contribution in [-0.2, 0) is 16.0 Å². The molecule has 0 aliphatic rings. The Hall–Kier alpha value is -2.62. The van der Waals surface area contributed by atoms with E-state index in [-0.39, 0.29) is 12.3 Å². The molecule has 4 nitrogen and oxygen atoms in total. The summed E-state index contributed by atoms with van der Waals surface area (Å²) < 4.78 is 0. The van der Waals surface area contributed by atoms with Gasteiger partial charge in [-0.15, -0.1) is 0 Å². The molecule has 0 heterocycles. The second kappa shape index (κ2) is 6.52. The van der Waals surface area contributed by atoms with Gasteiger partial charge in [0, 0.05) is 0 Å². The zero-order valence-electron chi connectivity index (χ0n) is 10.8. The van der Waals surface area contributed by atoms with E-state index >= 15 is 0 Å². The molecule has 1 amide bonds. The average Bonchev–Trinajstić information content (AvgIpc) is 2.46. The fraction of sp³-hybridized carbons (Fsp3) is 0.125. The number of hydrogen-bond acceptors (Lipinski definition) is 2. The molecule has 1 atom stereocenters. The third kappa shape index (κ3) is 3.68. The Morgan fingerprint density at radius 3 is 2.05 bits per heavy atom. The van der Waals surface area contributed by atoms with Crippen LogP contribution in [0.15, 0.2) is 60.7 Å². The van der Waals surface area contributed by atoms with Crippen molar-refractivity contribution >= 4 is 11.9 Å². The fourth-order valence-corrected chi connectivity index (χ4v) is 1.93. The number of nitrogens with one attached hydrogen (secondary N) is 1. The minimum atomic E-state index is -1.07. The smallest absolute Gasteiger partial charge is 0.330 e. The van der Waals surface area contributed by atoms with Gasteiger partial charge in [-0.2, -0.15) is 0 Å². The number of carbonyl (C=O) groups excluding carboxylic acids is 1. The largest absolute Gasteiger partial charge is 0.479 e. The SMILES string of the molecule is O=C(Cc1ccccc1)NC(C(=O)O)c1ccccc1. The highest BCUT2D eigenvalue weighted by Crippen LogP contribution is 2.13. The predicted molar refractivity (Wildman–Crippen MR) is 75.1 cm³/mol. The molecule has 0 radical (unpaired) electrons. The van der Waals surface area contributed by atoms with Crippen molar-refractivity contribution in [3.05, 3.63) is 71.8 Å². The zero-order chi connectivity index (χ0) is 14.4. The number of carboxylic acids is 1. The number of amides is 1. The standard InChI is InChI=1S/C16H15NO3/c18-14(11-12-7-3-1-4-8-12)17-15(16(19)20)13-9-5-2-6-10-13/h1-10,15H,11H2,(H,17,18)(H,19,20). The monoisotopic (exact) mass is 269 g/mol. The highest BCUT2D eigenvalue weighted by atomic mass is 16.4. The van der Waals surface area contributed by atoms with E-state index in [2.05, 4.69) is 5.32 Å². The first kappa shape index (κ1) is 13.8. The van der Waals surface area contributed by atoms with Crippen LogP contribution < -0.4 is 5.32 Å². The van der Waals surface area contributed by atoms with Gasteiger partial charge in [-0.25, -0.2) is 4.79 Å². The van der Waals surface area contributed by atoms with Crippen molar-refractivity contribution in [3.63, 3.8) is 0 Å². The molecule has 2 rings (SSSR count). The van der Waals surface area contributed by atoms with E-state index in [4.69, 9.17) is 0 Å². The van der Waals surface area contributed by atoms with Crippen molar-refractivity contribution in [1.82, 2.24) is 5.32 Å². The molecule has 0 spiro atoms. The maximum atomic E-state index is 11.9. The summed E-state index contributed by atoms with van der Waals surface area (Å²) in [6, 6.07) is 16.8. The summed E-state index contributed by atoms with van der Waals surface area (Å²) in [6.45, 7) is 0. The van der Waals surface area contributed by atoms with Gasteiger partial charge in [0.2, 0.25) is 5.91 Å². The van der Waals surface area contributed by atoms with Gasteiger partial charge in [0.1, 0.15) is 0 Å². The highest BCUT2D eigenvalue weighted by molar-refractivity contribution is 5.85. The van der Waals surface area contributed by atoms with Gasteiger partial charge in [-0.1, -0.05) is 60.7 Å². The van der Waals surface area contributed by atoms with Gasteiger partial charge in [-0.3, -0.25) is 4.79 Å². The number of carboxylic acid groups (broad SMARTS) is 1. The molecule has 4 heteroatoms. The number of benzene rings is 2. The molecule has 0 bridgehead atoms. The molecule has 0 aromatic heterocycles. The minimum Gasteiger partial charge on any atom is -0.479 e. The number of carbonyl (C=O) groups is 2. The lowest BCUT2D eigenvalue weighted by atomic mass is 10.1. The van der Waals surface area contributed by atoms with Crippen LogP contribution in [0.2, 0.25) is 0 Å². The van der Waals surface area contributed by atoms with Gasteiger partial charge < -0.3 is 10.4 Å². The number of hydrogen-bond donors (Lipinski definition) is 2. The second-order valence-corrected chi connectivity index (χ2v) is 4.41. The summed E-state index contributed by atoms with van der Waals surface area (Å²) in [5.41, 5.74) is 1.41. The van der Waals surface area contributed by atoms with Crippen LogP contribution in [-0.4, -0.2) is 17.0 Å². The van der Waals surface area contributed by atoms with Gasteiger partial charge in [0.25, 0.3) is 0 Å². The van der Waals surface area contributed by atoms with E-state index in [0.29, 0.717) is 5.56 Å². The Kier molecular flexibility index (Phi) is 4.50. The summed E-state index contributed by atoms with van der Waals surface area (Å²) in [5.74, 6) is -1.38. The molecule has 0 saturated heterocycles. The van der Waals surface area contributed by atoms with Crippen molar-refractivity contribution in [2.75, 3.05) is 0 Å². The first-order valence-corrected chi connectivity index (χ1v) is 6.28. The van der Waals surface area contributed by atoms with Crippen LogP contribution in [0.3, 0.4) is 0 Å². The zero-order valence-corrected chi connectivity index (χ0v) is 10.8. The Labute approximate surface area is 117 Å². The van der Waals surface area contributed by atoms with Crippen LogP contribution in [0, 0.1) is 0 Å². The molecule has 0 saturated carbocycles. The molecule has 0 aliphatic heterocycles. The first-order valence-electron chi connectivity index (χ1n) is 6.28. The van der Waals surface area contributed by atoms with E-state index in [9.17, 15) is 14.7 Å². The Morgan fingerprint density at radius 2 is 1.50 bits per heavy atom. The Balaban J connectivity index is 2.06. The highest BCUT2D eigenvalue weighted by Gasteiger charge is 2.21. The lowest BCUT2D eigenvalue weighted by Crippen LogP contribution is -2.34. The molecule has 2 aromatic carbocycles. The summed E-state index contributed by atoms with van der Waals surface area (Å²) in [6.07, 6.45) is 0.164. The Bertz CT molecular complexity index is 581. The van der Waals surface area contributed by atoms with E-state index in [1.807, 2.05) is 30.3 Å². The second-order valence-electron chi connectivity index (χ2n) is 4.41. The predicted octanol–water partition coefficient (Wildman–Crippen LogP) is 2.17. The lowest BCUT2D eigenvalue weighted by molar-refractivity contribution is -0.141. The fourth-order valence-electron chi connectivity index (χ4n) is 1.93. The van der Waals surface area contributed by atoms with E-state index in [0.717, 1.165) is 5.56 Å². The Morgan fingerprint density at radius 1 is 0.950 bits per heavy atom. The molecule has 0 aliphatic carbocycles. The topological polar surface area (TPSA) is 66.4 Å². The summed E-state index contributed by atoms with van der Waals surface area (Å²) in [4.78, 5) is 23.2. The maximum Gasteiger partial charge on any atom is 0.330 e. The minimum absolute atomic E-state index is 0.164. The lowest BCUT2D eigenvalue weighted by Gasteiger charge is -2.14. The number of rotatable bonds is 5. The molecular formula is C16H15NO3. The van der Waals surface area contributed by atoms with Crippen molar-refractivity contribution in [1.29, 1.82) is 0 Å². The summed E-state index contributed by atoms with van der Waals surface area (Å²) in [5, 5.41) is 11.8. The van der Waals surface area contributed by atoms with Crippen LogP contribution >= 0.6 is 0 Å². The van der Waals surface area contributed by atoms with Crippen molar-refractivity contribution in [2.45, 2.75) is 12.5 Å². The van der Waals surface area contributed by atoms with Crippen LogP contribution in [0.25, 0.3) is 0 Å². The van der Waals surface area contributed by atoms with E-state index in [1.165, 1.54) is 0 Å².